The molecule has 1 saturated carbocycles. The van der Waals surface area contributed by atoms with Crippen LogP contribution in [0.1, 0.15) is 42.3 Å². The maximum absolute atomic E-state index is 11.7. The number of carbonyl (C=O) groups is 2. The molecule has 110 valence electrons. The lowest BCUT2D eigenvalue weighted by atomic mass is 10.1. The third-order valence-corrected chi connectivity index (χ3v) is 4.65. The van der Waals surface area contributed by atoms with Gasteiger partial charge in [-0.3, -0.25) is 4.79 Å². The largest absolute Gasteiger partial charge is 0.481 e. The minimum absolute atomic E-state index is 0.0484. The number of carboxylic acid groups (broad SMARTS) is 1. The number of carbonyl (C=O) groups excluding carboxylic acids is 1. The lowest BCUT2D eigenvalue weighted by Crippen LogP contribution is -2.11. The van der Waals surface area contributed by atoms with E-state index < -0.39 is 5.97 Å². The minimum atomic E-state index is -0.742. The molecule has 0 bridgehead atoms. The molecule has 1 aromatic heterocycles. The second-order valence-corrected chi connectivity index (χ2v) is 6.03. The summed E-state index contributed by atoms with van der Waals surface area (Å²) < 4.78 is 10.3. The Bertz CT molecular complexity index is 490. The summed E-state index contributed by atoms with van der Waals surface area (Å²) in [6.07, 6.45) is 3.64. The molecule has 0 unspecified atom stereocenters. The number of aliphatic carboxylic acids is 1. The molecular weight excluding hydrogens is 280 g/mol. The van der Waals surface area contributed by atoms with Crippen molar-refractivity contribution in [1.29, 1.82) is 0 Å². The van der Waals surface area contributed by atoms with Crippen molar-refractivity contribution in [2.45, 2.75) is 31.9 Å². The Kier molecular flexibility index (Phi) is 4.75. The van der Waals surface area contributed by atoms with Gasteiger partial charge in [-0.05, 0) is 37.0 Å². The van der Waals surface area contributed by atoms with Gasteiger partial charge in [-0.15, -0.1) is 0 Å². The van der Waals surface area contributed by atoms with Crippen LogP contribution in [0.4, 0.5) is 0 Å². The van der Waals surface area contributed by atoms with Crippen LogP contribution in [0.2, 0.25) is 0 Å². The highest BCUT2D eigenvalue weighted by Gasteiger charge is 2.44. The zero-order valence-electron chi connectivity index (χ0n) is 11.4. The van der Waals surface area contributed by atoms with E-state index in [0.717, 1.165) is 18.6 Å². The summed E-state index contributed by atoms with van der Waals surface area (Å²) in [6.45, 7) is 2.09. The Morgan fingerprint density at radius 2 is 2.25 bits per heavy atom. The van der Waals surface area contributed by atoms with Crippen molar-refractivity contribution in [2.24, 2.45) is 5.41 Å². The molecule has 0 aromatic carbocycles. The summed E-state index contributed by atoms with van der Waals surface area (Å²) in [6, 6.07) is 1.61. The molecule has 1 fully saturated rings. The average molecular weight is 298 g/mol. The number of hydrogen-bond acceptors (Lipinski definition) is 5. The SMILES string of the molecule is CCOC(=O)c1ccoc1CSCC1(CC(=O)O)CC1. The van der Waals surface area contributed by atoms with Crippen molar-refractivity contribution in [3.05, 3.63) is 23.7 Å². The minimum Gasteiger partial charge on any atom is -0.481 e. The number of carboxylic acids is 1. The third kappa shape index (κ3) is 3.79. The van der Waals surface area contributed by atoms with Crippen LogP contribution in [0.3, 0.4) is 0 Å². The number of rotatable bonds is 8. The fourth-order valence-corrected chi connectivity index (χ4v) is 3.41. The predicted octanol–water partition coefficient (Wildman–Crippen LogP) is 2.94. The average Bonchev–Trinajstić information content (AvgIpc) is 2.96. The predicted molar refractivity (Wildman–Crippen MR) is 74.7 cm³/mol. The zero-order valence-corrected chi connectivity index (χ0v) is 12.2. The lowest BCUT2D eigenvalue weighted by molar-refractivity contribution is -0.138. The number of ether oxygens (including phenoxy) is 1. The summed E-state index contributed by atoms with van der Waals surface area (Å²) >= 11 is 1.61. The van der Waals surface area contributed by atoms with Crippen LogP contribution in [-0.2, 0) is 15.3 Å². The molecule has 1 aromatic rings. The van der Waals surface area contributed by atoms with Gasteiger partial charge in [0.05, 0.1) is 25.0 Å². The van der Waals surface area contributed by atoms with Gasteiger partial charge < -0.3 is 14.3 Å². The van der Waals surface area contributed by atoms with Crippen LogP contribution in [0.25, 0.3) is 0 Å². The molecule has 1 aliphatic rings. The van der Waals surface area contributed by atoms with Crippen LogP contribution in [0.15, 0.2) is 16.7 Å². The first-order valence-corrected chi connectivity index (χ1v) is 7.75. The first kappa shape index (κ1) is 15.0. The Balaban J connectivity index is 1.84. The Labute approximate surface area is 121 Å². The molecular formula is C14H18O5S. The third-order valence-electron chi connectivity index (χ3n) is 3.37. The van der Waals surface area contributed by atoms with Crippen LogP contribution in [0, 0.1) is 5.41 Å². The Morgan fingerprint density at radius 1 is 1.50 bits per heavy atom. The van der Waals surface area contributed by atoms with Crippen molar-refractivity contribution in [3.8, 4) is 0 Å². The number of furan rings is 1. The number of thioether (sulfide) groups is 1. The standard InChI is InChI=1S/C14H18O5S/c1-2-18-13(17)10-3-6-19-11(10)8-20-9-14(4-5-14)7-12(15)16/h3,6H,2,4-5,7-9H2,1H3,(H,15,16). The van der Waals surface area contributed by atoms with E-state index >= 15 is 0 Å². The molecule has 0 amide bonds. The van der Waals surface area contributed by atoms with Gasteiger partial charge in [0.25, 0.3) is 0 Å². The van der Waals surface area contributed by atoms with Crippen LogP contribution < -0.4 is 0 Å². The van der Waals surface area contributed by atoms with E-state index in [9.17, 15) is 9.59 Å². The summed E-state index contributed by atoms with van der Waals surface area (Å²) in [4.78, 5) is 22.4. The fourth-order valence-electron chi connectivity index (χ4n) is 2.07. The maximum Gasteiger partial charge on any atom is 0.341 e. The van der Waals surface area contributed by atoms with Crippen LogP contribution in [0.5, 0.6) is 0 Å². The van der Waals surface area contributed by atoms with E-state index in [2.05, 4.69) is 0 Å². The lowest BCUT2D eigenvalue weighted by Gasteiger charge is -2.11. The van der Waals surface area contributed by atoms with E-state index in [1.165, 1.54) is 6.26 Å². The molecule has 0 radical (unpaired) electrons. The molecule has 0 atom stereocenters. The molecule has 20 heavy (non-hydrogen) atoms. The monoisotopic (exact) mass is 298 g/mol. The highest BCUT2D eigenvalue weighted by molar-refractivity contribution is 7.98. The van der Waals surface area contributed by atoms with Gasteiger partial charge in [0.1, 0.15) is 11.3 Å². The summed E-state index contributed by atoms with van der Waals surface area (Å²) in [7, 11) is 0. The van der Waals surface area contributed by atoms with E-state index in [0.29, 0.717) is 23.7 Å². The molecule has 0 spiro atoms. The summed E-state index contributed by atoms with van der Waals surface area (Å²) in [5.41, 5.74) is 0.412. The molecule has 6 heteroatoms. The topological polar surface area (TPSA) is 76.7 Å². The van der Waals surface area contributed by atoms with Gasteiger partial charge in [-0.1, -0.05) is 0 Å². The molecule has 2 rings (SSSR count). The second kappa shape index (κ2) is 6.35. The van der Waals surface area contributed by atoms with Crippen molar-refractivity contribution in [2.75, 3.05) is 12.4 Å². The van der Waals surface area contributed by atoms with Crippen molar-refractivity contribution in [1.82, 2.24) is 0 Å². The number of esters is 1. The van der Waals surface area contributed by atoms with Gasteiger partial charge >= 0.3 is 11.9 Å². The first-order chi connectivity index (χ1) is 9.56. The van der Waals surface area contributed by atoms with E-state index in [4.69, 9.17) is 14.3 Å². The molecule has 0 saturated heterocycles. The van der Waals surface area contributed by atoms with Crippen LogP contribution in [-0.4, -0.2) is 29.4 Å². The fraction of sp³-hybridized carbons (Fsp3) is 0.571. The first-order valence-electron chi connectivity index (χ1n) is 6.59. The van der Waals surface area contributed by atoms with Crippen LogP contribution >= 0.6 is 11.8 Å². The van der Waals surface area contributed by atoms with Gasteiger partial charge in [-0.25, -0.2) is 4.79 Å². The molecule has 1 heterocycles. The zero-order chi connectivity index (χ0) is 14.6. The van der Waals surface area contributed by atoms with Gasteiger partial charge in [0.15, 0.2) is 0 Å². The Hall–Kier alpha value is -1.43. The van der Waals surface area contributed by atoms with E-state index in [1.807, 2.05) is 0 Å². The summed E-state index contributed by atoms with van der Waals surface area (Å²) in [5.74, 6) is 0.821. The molecule has 5 nitrogen and oxygen atoms in total. The highest BCUT2D eigenvalue weighted by Crippen LogP contribution is 2.51. The van der Waals surface area contributed by atoms with E-state index in [1.54, 1.807) is 24.8 Å². The molecule has 1 aliphatic carbocycles. The van der Waals surface area contributed by atoms with Gasteiger partial charge in [-0.2, -0.15) is 11.8 Å². The van der Waals surface area contributed by atoms with Crippen molar-refractivity contribution >= 4 is 23.7 Å². The second-order valence-electron chi connectivity index (χ2n) is 5.04. The normalized spacial score (nSPS) is 15.8. The molecule has 0 aliphatic heterocycles. The molecule has 1 N–H and O–H groups in total. The summed E-state index contributed by atoms with van der Waals surface area (Å²) in [5, 5.41) is 8.86. The van der Waals surface area contributed by atoms with Crippen molar-refractivity contribution in [3.63, 3.8) is 0 Å². The van der Waals surface area contributed by atoms with Gasteiger partial charge in [0, 0.05) is 0 Å². The van der Waals surface area contributed by atoms with E-state index in [-0.39, 0.29) is 17.8 Å². The number of hydrogen-bond donors (Lipinski definition) is 1. The smallest absolute Gasteiger partial charge is 0.341 e. The Morgan fingerprint density at radius 3 is 2.85 bits per heavy atom. The maximum atomic E-state index is 11.7. The quantitative estimate of drug-likeness (QED) is 0.744. The van der Waals surface area contributed by atoms with Crippen molar-refractivity contribution < 1.29 is 23.8 Å². The highest BCUT2D eigenvalue weighted by atomic mass is 32.2. The van der Waals surface area contributed by atoms with Gasteiger partial charge in [0.2, 0.25) is 0 Å².